The number of carbonyl (C=O) groups excluding carboxylic acids is 1. The van der Waals surface area contributed by atoms with Gasteiger partial charge in [0.25, 0.3) is 0 Å². The number of methoxy groups -OCH3 is 1. The highest BCUT2D eigenvalue weighted by Gasteiger charge is 2.35. The number of rotatable bonds is 6. The molecule has 2 heterocycles. The van der Waals surface area contributed by atoms with E-state index >= 15 is 0 Å². The van der Waals surface area contributed by atoms with Gasteiger partial charge in [0.2, 0.25) is 5.91 Å². The molecule has 1 amide bonds. The first-order chi connectivity index (χ1) is 9.52. The van der Waals surface area contributed by atoms with Crippen LogP contribution in [0.25, 0.3) is 0 Å². The Hall–Kier alpha value is -0.660. The fourth-order valence-electron chi connectivity index (χ4n) is 2.97. The number of hydrogen-bond donors (Lipinski definition) is 1. The van der Waals surface area contributed by atoms with Gasteiger partial charge in [0.15, 0.2) is 9.84 Å². The van der Waals surface area contributed by atoms with Crippen LogP contribution in [0.2, 0.25) is 0 Å². The van der Waals surface area contributed by atoms with Crippen LogP contribution in [0.4, 0.5) is 0 Å². The van der Waals surface area contributed by atoms with Crippen molar-refractivity contribution >= 4 is 15.7 Å². The molecule has 2 fully saturated rings. The molecule has 1 N–H and O–H groups in total. The number of ether oxygens (including phenoxy) is 1. The number of sulfone groups is 1. The van der Waals surface area contributed by atoms with E-state index in [0.29, 0.717) is 31.9 Å². The third-order valence-corrected chi connectivity index (χ3v) is 5.88. The van der Waals surface area contributed by atoms with E-state index in [1.54, 1.807) is 12.0 Å². The van der Waals surface area contributed by atoms with E-state index in [9.17, 15) is 13.2 Å². The normalized spacial score (nSPS) is 28.6. The van der Waals surface area contributed by atoms with Crippen LogP contribution in [-0.4, -0.2) is 70.1 Å². The highest BCUT2D eigenvalue weighted by molar-refractivity contribution is 7.91. The Morgan fingerprint density at radius 2 is 2.20 bits per heavy atom. The first-order valence-electron chi connectivity index (χ1n) is 7.21. The fourth-order valence-corrected chi connectivity index (χ4v) is 4.71. The predicted molar refractivity (Wildman–Crippen MR) is 76.2 cm³/mol. The number of carbonyl (C=O) groups is 1. The van der Waals surface area contributed by atoms with Crippen molar-refractivity contribution in [2.24, 2.45) is 5.92 Å². The number of hydrogen-bond acceptors (Lipinski definition) is 5. The van der Waals surface area contributed by atoms with E-state index in [-0.39, 0.29) is 23.5 Å². The number of nitrogens with zero attached hydrogens (tertiary/aromatic N) is 1. The quantitative estimate of drug-likeness (QED) is 0.726. The van der Waals surface area contributed by atoms with Crippen molar-refractivity contribution in [2.75, 3.05) is 44.9 Å². The Morgan fingerprint density at radius 3 is 2.75 bits per heavy atom. The van der Waals surface area contributed by atoms with E-state index in [4.69, 9.17) is 4.74 Å². The molecule has 0 aliphatic carbocycles. The van der Waals surface area contributed by atoms with Crippen molar-refractivity contribution in [3.8, 4) is 0 Å². The van der Waals surface area contributed by atoms with Crippen LogP contribution in [-0.2, 0) is 19.4 Å². The van der Waals surface area contributed by atoms with E-state index in [1.807, 2.05) is 0 Å². The maximum atomic E-state index is 12.5. The van der Waals surface area contributed by atoms with Crippen molar-refractivity contribution in [1.82, 2.24) is 10.2 Å². The molecule has 0 radical (unpaired) electrons. The van der Waals surface area contributed by atoms with Crippen LogP contribution >= 0.6 is 0 Å². The van der Waals surface area contributed by atoms with Crippen molar-refractivity contribution in [1.29, 1.82) is 0 Å². The van der Waals surface area contributed by atoms with Crippen LogP contribution in [0.3, 0.4) is 0 Å². The van der Waals surface area contributed by atoms with Gasteiger partial charge in [0.1, 0.15) is 0 Å². The predicted octanol–water partition coefficient (Wildman–Crippen LogP) is -0.352. The molecule has 2 aliphatic rings. The molecule has 2 rings (SSSR count). The largest absolute Gasteiger partial charge is 0.383 e. The Labute approximate surface area is 120 Å². The zero-order chi connectivity index (χ0) is 14.6. The highest BCUT2D eigenvalue weighted by Crippen LogP contribution is 2.21. The number of nitrogens with one attached hydrogen (secondary N) is 1. The molecule has 116 valence electrons. The van der Waals surface area contributed by atoms with Crippen LogP contribution in [0.5, 0.6) is 0 Å². The van der Waals surface area contributed by atoms with Crippen LogP contribution in [0.1, 0.15) is 19.3 Å². The summed E-state index contributed by atoms with van der Waals surface area (Å²) >= 11 is 0. The lowest BCUT2D eigenvalue weighted by atomic mass is 10.0. The van der Waals surface area contributed by atoms with Gasteiger partial charge in [0, 0.05) is 26.1 Å². The molecule has 0 spiro atoms. The van der Waals surface area contributed by atoms with E-state index in [2.05, 4.69) is 5.32 Å². The third-order valence-electron chi connectivity index (χ3n) is 4.13. The lowest BCUT2D eigenvalue weighted by Crippen LogP contribution is -2.43. The van der Waals surface area contributed by atoms with Crippen LogP contribution in [0.15, 0.2) is 0 Å². The van der Waals surface area contributed by atoms with E-state index < -0.39 is 9.84 Å². The molecule has 2 atom stereocenters. The van der Waals surface area contributed by atoms with Gasteiger partial charge >= 0.3 is 0 Å². The first kappa shape index (κ1) is 15.7. The first-order valence-corrected chi connectivity index (χ1v) is 9.03. The summed E-state index contributed by atoms with van der Waals surface area (Å²) in [5.41, 5.74) is 0. The third kappa shape index (κ3) is 4.17. The van der Waals surface area contributed by atoms with Gasteiger partial charge in [-0.2, -0.15) is 0 Å². The smallest absolute Gasteiger partial charge is 0.223 e. The van der Waals surface area contributed by atoms with Crippen molar-refractivity contribution in [2.45, 2.75) is 25.3 Å². The minimum atomic E-state index is -2.97. The monoisotopic (exact) mass is 304 g/mol. The number of amides is 1. The van der Waals surface area contributed by atoms with Gasteiger partial charge in [-0.3, -0.25) is 4.79 Å². The van der Waals surface area contributed by atoms with Crippen LogP contribution < -0.4 is 5.32 Å². The molecule has 2 unspecified atom stereocenters. The second-order valence-corrected chi connectivity index (χ2v) is 7.93. The molecule has 0 aromatic heterocycles. The second kappa shape index (κ2) is 6.87. The van der Waals surface area contributed by atoms with E-state index in [0.717, 1.165) is 19.5 Å². The Kier molecular flexibility index (Phi) is 5.40. The Morgan fingerprint density at radius 1 is 1.40 bits per heavy atom. The highest BCUT2D eigenvalue weighted by atomic mass is 32.2. The minimum absolute atomic E-state index is 0.0675. The summed E-state index contributed by atoms with van der Waals surface area (Å²) in [6.07, 6.45) is 2.08. The summed E-state index contributed by atoms with van der Waals surface area (Å²) in [5.74, 6) is 0.744. The maximum absolute atomic E-state index is 12.5. The molecule has 0 aromatic carbocycles. The average Bonchev–Trinajstić information content (AvgIpc) is 3.00. The molecule has 2 saturated heterocycles. The molecule has 20 heavy (non-hydrogen) atoms. The standard InChI is InChI=1S/C13H24N2O4S/c1-19-6-5-15(12-3-7-20(17,18)10-12)13(16)8-11-2-4-14-9-11/h11-12,14H,2-10H2,1H3. The van der Waals surface area contributed by atoms with Crippen LogP contribution in [0, 0.1) is 5.92 Å². The van der Waals surface area contributed by atoms with Gasteiger partial charge in [-0.25, -0.2) is 8.42 Å². The molecular weight excluding hydrogens is 280 g/mol. The topological polar surface area (TPSA) is 75.7 Å². The van der Waals surface area contributed by atoms with Gasteiger partial charge in [-0.1, -0.05) is 0 Å². The molecular formula is C13H24N2O4S. The van der Waals surface area contributed by atoms with Gasteiger partial charge < -0.3 is 15.0 Å². The molecule has 7 heteroatoms. The lowest BCUT2D eigenvalue weighted by Gasteiger charge is -2.29. The summed E-state index contributed by atoms with van der Waals surface area (Å²) in [5, 5.41) is 3.25. The summed E-state index contributed by atoms with van der Waals surface area (Å²) in [4.78, 5) is 14.2. The minimum Gasteiger partial charge on any atom is -0.383 e. The summed E-state index contributed by atoms with van der Waals surface area (Å²) in [6, 6.07) is -0.169. The molecule has 2 aliphatic heterocycles. The Bertz CT molecular complexity index is 432. The molecule has 0 aromatic rings. The SMILES string of the molecule is COCCN(C(=O)CC1CCNC1)C1CCS(=O)(=O)C1. The maximum Gasteiger partial charge on any atom is 0.223 e. The van der Waals surface area contributed by atoms with Gasteiger partial charge in [0.05, 0.1) is 18.1 Å². The Balaban J connectivity index is 1.96. The van der Waals surface area contributed by atoms with Crippen molar-refractivity contribution in [3.05, 3.63) is 0 Å². The zero-order valence-corrected chi connectivity index (χ0v) is 12.8. The van der Waals surface area contributed by atoms with Gasteiger partial charge in [-0.05, 0) is 31.8 Å². The molecule has 6 nitrogen and oxygen atoms in total. The summed E-state index contributed by atoms with van der Waals surface area (Å²) < 4.78 is 28.3. The fraction of sp³-hybridized carbons (Fsp3) is 0.923. The summed E-state index contributed by atoms with van der Waals surface area (Å²) in [6.45, 7) is 2.78. The zero-order valence-electron chi connectivity index (χ0n) is 12.0. The molecule has 0 bridgehead atoms. The van der Waals surface area contributed by atoms with Crippen molar-refractivity contribution in [3.63, 3.8) is 0 Å². The molecule has 0 saturated carbocycles. The van der Waals surface area contributed by atoms with E-state index in [1.165, 1.54) is 0 Å². The second-order valence-electron chi connectivity index (χ2n) is 5.70. The summed E-state index contributed by atoms with van der Waals surface area (Å²) in [7, 11) is -1.38. The van der Waals surface area contributed by atoms with Crippen molar-refractivity contribution < 1.29 is 17.9 Å². The van der Waals surface area contributed by atoms with Gasteiger partial charge in [-0.15, -0.1) is 0 Å². The average molecular weight is 304 g/mol. The lowest BCUT2D eigenvalue weighted by molar-refractivity contribution is -0.134.